The van der Waals surface area contributed by atoms with Crippen molar-refractivity contribution < 1.29 is 20.5 Å². The number of nitrogens with one attached hydrogen (secondary N) is 2. The van der Waals surface area contributed by atoms with E-state index in [2.05, 4.69) is 48.6 Å². The quantitative estimate of drug-likeness (QED) is 0.362. The number of carbonyl (C=O) groups is 3. The van der Waals surface area contributed by atoms with Crippen LogP contribution in [0.1, 0.15) is 51.1 Å². The summed E-state index contributed by atoms with van der Waals surface area (Å²) in [6.07, 6.45) is 5.52. The van der Waals surface area contributed by atoms with Crippen molar-refractivity contribution >= 4 is 55.6 Å². The number of urea groups is 1. The number of halogens is 2. The summed E-state index contributed by atoms with van der Waals surface area (Å²) in [4.78, 5) is 46.0. The average molecular weight is 748 g/mol. The van der Waals surface area contributed by atoms with Crippen LogP contribution in [0, 0.1) is 11.8 Å². The smallest absolute Gasteiger partial charge is 0.410 e. The normalized spacial score (nSPS) is 21.1. The summed E-state index contributed by atoms with van der Waals surface area (Å²) in [5.41, 5.74) is 2.93. The number of para-hydroxylation sites is 1. The number of nitrogens with zero attached hydrogens (tertiary/aromatic N) is 3. The molecule has 0 bridgehead atoms. The van der Waals surface area contributed by atoms with Crippen LogP contribution in [0.2, 0.25) is 0 Å². The minimum absolute atomic E-state index is 0. The van der Waals surface area contributed by atoms with Gasteiger partial charge in [0.05, 0.1) is 0 Å². The van der Waals surface area contributed by atoms with Gasteiger partial charge in [-0.25, -0.2) is 9.59 Å². The molecule has 244 valence electrons. The highest BCUT2D eigenvalue weighted by Gasteiger charge is 2.36. The number of carbonyl (C=O) groups excluding carboxylic acids is 3. The van der Waals surface area contributed by atoms with Gasteiger partial charge < -0.3 is 30.1 Å². The van der Waals surface area contributed by atoms with Crippen LogP contribution in [0.3, 0.4) is 0 Å². The fraction of sp³-hybridized carbons (Fsp3) is 0.559. The third kappa shape index (κ3) is 7.85. The van der Waals surface area contributed by atoms with Crippen molar-refractivity contribution in [1.82, 2.24) is 20.0 Å². The number of piperidine rings is 3. The summed E-state index contributed by atoms with van der Waals surface area (Å²) in [6.45, 7) is 5.19. The molecule has 0 spiro atoms. The number of likely N-dealkylation sites (tertiary alicyclic amines) is 2. The second-order valence-corrected chi connectivity index (χ2v) is 14.5. The van der Waals surface area contributed by atoms with Gasteiger partial charge in [-0.15, -0.1) is 0 Å². The van der Waals surface area contributed by atoms with Crippen LogP contribution in [0.25, 0.3) is 0 Å². The summed E-state index contributed by atoms with van der Waals surface area (Å²) < 4.78 is 7.87. The summed E-state index contributed by atoms with van der Waals surface area (Å²) >= 11 is 7.09. The molecule has 0 radical (unpaired) electrons. The zero-order valence-corrected chi connectivity index (χ0v) is 28.9. The summed E-state index contributed by atoms with van der Waals surface area (Å²) in [5, 5.41) is 6.51. The van der Waals surface area contributed by atoms with Crippen molar-refractivity contribution in [3.8, 4) is 0 Å². The Bertz CT molecular complexity index is 1380. The Morgan fingerprint density at radius 1 is 0.867 bits per heavy atom. The molecule has 4 amide bonds. The Balaban J connectivity index is 0.00000417. The van der Waals surface area contributed by atoms with Gasteiger partial charge in [0.15, 0.2) is 6.10 Å². The maximum absolute atomic E-state index is 13.9. The van der Waals surface area contributed by atoms with Crippen molar-refractivity contribution in [3.05, 3.63) is 62.5 Å². The van der Waals surface area contributed by atoms with E-state index in [0.717, 1.165) is 64.0 Å². The van der Waals surface area contributed by atoms with Crippen molar-refractivity contribution in [1.29, 1.82) is 0 Å². The molecule has 4 aliphatic heterocycles. The highest BCUT2D eigenvalue weighted by atomic mass is 79.9. The zero-order chi connectivity index (χ0) is 31.3. The number of hydrogen-bond donors (Lipinski definition) is 2. The first-order valence-corrected chi connectivity index (χ1v) is 18.0. The lowest BCUT2D eigenvalue weighted by Crippen LogP contribution is -2.52. The molecule has 0 saturated carbocycles. The number of anilines is 1. The van der Waals surface area contributed by atoms with Gasteiger partial charge in [0.2, 0.25) is 0 Å². The SMILES string of the molecule is O=C(O[C@H](Cc1ccc(Br)c(Br)c1)C(=O)N1CCC(C2CCNCC2)CC1)N1CCC(N2CCc3ccccc3NC2=O)CC1.[HH]. The topological polar surface area (TPSA) is 94.2 Å². The first-order valence-electron chi connectivity index (χ1n) is 16.4. The predicted molar refractivity (Wildman–Crippen MR) is 183 cm³/mol. The van der Waals surface area contributed by atoms with E-state index >= 15 is 0 Å². The molecule has 4 heterocycles. The van der Waals surface area contributed by atoms with Gasteiger partial charge in [-0.2, -0.15) is 0 Å². The molecule has 9 nitrogen and oxygen atoms in total. The number of fused-ring (bicyclic) bond motifs is 1. The number of hydrogen-bond acceptors (Lipinski definition) is 5. The van der Waals surface area contributed by atoms with Crippen LogP contribution in [-0.4, -0.2) is 90.7 Å². The molecule has 4 aliphatic rings. The van der Waals surface area contributed by atoms with E-state index in [1.165, 1.54) is 12.8 Å². The standard InChI is InChI=1S/C34H43Br2N5O4.H2/c35-28-6-5-23(21-29(28)36)22-31(32(42)39-16-9-25(10-17-39)24-7-14-37-15-8-24)45-34(44)40-18-12-27(13-19-40)41-20-11-26-3-1-2-4-30(26)38-33(41)43;/h1-6,21,24-25,27,31,37H,7-20,22H2,(H,38,43);1H/t31-;/m1./s1. The van der Waals surface area contributed by atoms with Crippen molar-refractivity contribution in [3.63, 3.8) is 0 Å². The largest absolute Gasteiger partial charge is 0.436 e. The molecule has 11 heteroatoms. The van der Waals surface area contributed by atoms with Gasteiger partial charge in [0.25, 0.3) is 5.91 Å². The molecule has 6 rings (SSSR count). The maximum atomic E-state index is 13.9. The minimum Gasteiger partial charge on any atom is -0.436 e. The fourth-order valence-electron chi connectivity index (χ4n) is 7.47. The van der Waals surface area contributed by atoms with Crippen LogP contribution in [-0.2, 0) is 22.4 Å². The fourth-order valence-corrected chi connectivity index (χ4v) is 8.14. The highest BCUT2D eigenvalue weighted by molar-refractivity contribution is 9.13. The number of rotatable bonds is 6. The molecule has 0 aliphatic carbocycles. The second kappa shape index (κ2) is 14.9. The lowest BCUT2D eigenvalue weighted by molar-refractivity contribution is -0.142. The van der Waals surface area contributed by atoms with Crippen LogP contribution < -0.4 is 10.6 Å². The van der Waals surface area contributed by atoms with Crippen molar-refractivity contribution in [2.45, 2.75) is 63.5 Å². The molecule has 2 aromatic carbocycles. The molecular weight excluding hydrogens is 702 g/mol. The average Bonchev–Trinajstić information content (AvgIpc) is 3.24. The first kappa shape index (κ1) is 32.3. The summed E-state index contributed by atoms with van der Waals surface area (Å²) in [7, 11) is 0. The lowest BCUT2D eigenvalue weighted by atomic mass is 9.79. The van der Waals surface area contributed by atoms with Crippen LogP contribution in [0.4, 0.5) is 15.3 Å². The van der Waals surface area contributed by atoms with Crippen molar-refractivity contribution in [2.24, 2.45) is 11.8 Å². The molecule has 0 unspecified atom stereocenters. The molecule has 3 saturated heterocycles. The third-order valence-corrected chi connectivity index (χ3v) is 12.0. The molecule has 2 N–H and O–H groups in total. The van der Waals surface area contributed by atoms with E-state index in [0.29, 0.717) is 57.9 Å². The van der Waals surface area contributed by atoms with Crippen LogP contribution in [0.15, 0.2) is 51.4 Å². The molecule has 3 fully saturated rings. The van der Waals surface area contributed by atoms with Gasteiger partial charge in [0.1, 0.15) is 0 Å². The van der Waals surface area contributed by atoms with Gasteiger partial charge in [-0.1, -0.05) is 24.3 Å². The van der Waals surface area contributed by atoms with Gasteiger partial charge in [-0.05, 0) is 131 Å². The first-order chi connectivity index (χ1) is 21.9. The third-order valence-electron chi connectivity index (χ3n) is 10.1. The van der Waals surface area contributed by atoms with E-state index in [1.54, 1.807) is 4.90 Å². The monoisotopic (exact) mass is 745 g/mol. The molecule has 0 aromatic heterocycles. The Hall–Kier alpha value is -2.63. The summed E-state index contributed by atoms with van der Waals surface area (Å²) in [5.74, 6) is 1.28. The van der Waals surface area contributed by atoms with Crippen molar-refractivity contribution in [2.75, 3.05) is 51.1 Å². The second-order valence-electron chi connectivity index (χ2n) is 12.8. The van der Waals surface area contributed by atoms with Gasteiger partial charge in [-0.3, -0.25) is 4.79 Å². The molecular formula is C34H45Br2N5O4. The van der Waals surface area contributed by atoms with E-state index in [1.807, 2.05) is 46.2 Å². The van der Waals surface area contributed by atoms with Gasteiger partial charge >= 0.3 is 12.1 Å². The Morgan fingerprint density at radius 2 is 1.56 bits per heavy atom. The van der Waals surface area contributed by atoms with Gasteiger partial charge in [0, 0.05) is 61.2 Å². The molecule has 2 aromatic rings. The van der Waals surface area contributed by atoms with E-state index in [4.69, 9.17) is 4.74 Å². The molecule has 1 atom stereocenters. The highest BCUT2D eigenvalue weighted by Crippen LogP contribution is 2.32. The molecule has 45 heavy (non-hydrogen) atoms. The van der Waals surface area contributed by atoms with Crippen LogP contribution in [0.5, 0.6) is 0 Å². The minimum atomic E-state index is -0.895. The maximum Gasteiger partial charge on any atom is 0.410 e. The number of benzene rings is 2. The number of amides is 4. The lowest BCUT2D eigenvalue weighted by Gasteiger charge is -2.39. The Kier molecular flexibility index (Phi) is 10.7. The summed E-state index contributed by atoms with van der Waals surface area (Å²) in [6, 6.07) is 13.8. The zero-order valence-electron chi connectivity index (χ0n) is 25.7. The Labute approximate surface area is 284 Å². The Morgan fingerprint density at radius 3 is 2.29 bits per heavy atom. The van der Waals surface area contributed by atoms with E-state index in [9.17, 15) is 14.4 Å². The predicted octanol–water partition coefficient (Wildman–Crippen LogP) is 6.30. The number of ether oxygens (including phenoxy) is 1. The van der Waals surface area contributed by atoms with E-state index < -0.39 is 12.2 Å². The van der Waals surface area contributed by atoms with E-state index in [-0.39, 0.29) is 19.4 Å². The van der Waals surface area contributed by atoms with Crippen LogP contribution >= 0.6 is 31.9 Å².